The van der Waals surface area contributed by atoms with E-state index < -0.39 is 5.97 Å². The standard InChI is InChI=1S/C19H21NO5/c1-11-6-7-12(2)13(8-11)18(21)20-15-10-17(24-4)16(23-3)9-14(15)19(22)25-5/h6-10H,1-5H3,(H,20,21). The van der Waals surface area contributed by atoms with Crippen LogP contribution in [-0.2, 0) is 4.74 Å². The van der Waals surface area contributed by atoms with Crippen molar-refractivity contribution in [1.29, 1.82) is 0 Å². The number of esters is 1. The van der Waals surface area contributed by atoms with Crippen molar-refractivity contribution in [2.45, 2.75) is 13.8 Å². The van der Waals surface area contributed by atoms with E-state index in [1.165, 1.54) is 33.5 Å². The quantitative estimate of drug-likeness (QED) is 0.843. The number of benzene rings is 2. The second-order valence-electron chi connectivity index (χ2n) is 5.52. The molecule has 0 saturated carbocycles. The minimum absolute atomic E-state index is 0.179. The van der Waals surface area contributed by atoms with E-state index in [0.717, 1.165) is 11.1 Å². The number of hydrogen-bond acceptors (Lipinski definition) is 5. The number of methoxy groups -OCH3 is 3. The van der Waals surface area contributed by atoms with E-state index in [9.17, 15) is 9.59 Å². The van der Waals surface area contributed by atoms with Crippen LogP contribution in [0.2, 0.25) is 0 Å². The molecule has 0 aliphatic heterocycles. The molecule has 0 radical (unpaired) electrons. The molecular formula is C19H21NO5. The fourth-order valence-corrected chi connectivity index (χ4v) is 2.43. The number of amides is 1. The third kappa shape index (κ3) is 3.91. The molecule has 0 atom stereocenters. The third-order valence-electron chi connectivity index (χ3n) is 3.81. The summed E-state index contributed by atoms with van der Waals surface area (Å²) in [5.74, 6) is -0.144. The van der Waals surface area contributed by atoms with E-state index in [-0.39, 0.29) is 17.2 Å². The molecule has 6 nitrogen and oxygen atoms in total. The number of carbonyl (C=O) groups excluding carboxylic acids is 2. The molecule has 132 valence electrons. The Balaban J connectivity index is 2.48. The van der Waals surface area contributed by atoms with Gasteiger partial charge < -0.3 is 19.5 Å². The Kier molecular flexibility index (Phi) is 5.64. The van der Waals surface area contributed by atoms with Crippen molar-refractivity contribution in [3.8, 4) is 11.5 Å². The number of rotatable bonds is 5. The van der Waals surface area contributed by atoms with Gasteiger partial charge in [-0.15, -0.1) is 0 Å². The first-order valence-electron chi connectivity index (χ1n) is 7.64. The van der Waals surface area contributed by atoms with Crippen molar-refractivity contribution < 1.29 is 23.8 Å². The van der Waals surface area contributed by atoms with Gasteiger partial charge in [0, 0.05) is 17.7 Å². The van der Waals surface area contributed by atoms with Crippen molar-refractivity contribution in [2.24, 2.45) is 0 Å². The Morgan fingerprint density at radius 3 is 2.12 bits per heavy atom. The Hall–Kier alpha value is -3.02. The molecule has 0 aliphatic rings. The smallest absolute Gasteiger partial charge is 0.340 e. The molecule has 1 N–H and O–H groups in total. The molecular weight excluding hydrogens is 322 g/mol. The summed E-state index contributed by atoms with van der Waals surface area (Å²) < 4.78 is 15.2. The largest absolute Gasteiger partial charge is 0.493 e. The van der Waals surface area contributed by atoms with Crippen LogP contribution in [0.1, 0.15) is 31.8 Å². The van der Waals surface area contributed by atoms with Crippen LogP contribution < -0.4 is 14.8 Å². The molecule has 25 heavy (non-hydrogen) atoms. The van der Waals surface area contributed by atoms with Gasteiger partial charge in [-0.2, -0.15) is 0 Å². The third-order valence-corrected chi connectivity index (χ3v) is 3.81. The molecule has 2 aromatic carbocycles. The first kappa shape index (κ1) is 18.3. The zero-order valence-corrected chi connectivity index (χ0v) is 14.9. The molecule has 2 rings (SSSR count). The summed E-state index contributed by atoms with van der Waals surface area (Å²) in [4.78, 5) is 24.7. The van der Waals surface area contributed by atoms with Crippen LogP contribution in [0.25, 0.3) is 0 Å². The van der Waals surface area contributed by atoms with Gasteiger partial charge in [-0.3, -0.25) is 4.79 Å². The minimum Gasteiger partial charge on any atom is -0.493 e. The fraction of sp³-hybridized carbons (Fsp3) is 0.263. The molecule has 0 fully saturated rings. The zero-order valence-electron chi connectivity index (χ0n) is 14.9. The number of carbonyl (C=O) groups is 2. The summed E-state index contributed by atoms with van der Waals surface area (Å²) in [7, 11) is 4.22. The van der Waals surface area contributed by atoms with Gasteiger partial charge in [-0.1, -0.05) is 17.7 Å². The average Bonchev–Trinajstić information content (AvgIpc) is 2.62. The fourth-order valence-electron chi connectivity index (χ4n) is 2.43. The van der Waals surface area contributed by atoms with E-state index >= 15 is 0 Å². The summed E-state index contributed by atoms with van der Waals surface area (Å²) in [5, 5.41) is 2.76. The molecule has 0 bridgehead atoms. The second-order valence-corrected chi connectivity index (χ2v) is 5.52. The predicted molar refractivity (Wildman–Crippen MR) is 94.8 cm³/mol. The highest BCUT2D eigenvalue weighted by Gasteiger charge is 2.20. The van der Waals surface area contributed by atoms with Gasteiger partial charge >= 0.3 is 5.97 Å². The summed E-state index contributed by atoms with van der Waals surface area (Å²) in [6.45, 7) is 3.76. The highest BCUT2D eigenvalue weighted by molar-refractivity contribution is 6.09. The Morgan fingerprint density at radius 1 is 0.880 bits per heavy atom. The summed E-state index contributed by atoms with van der Waals surface area (Å²) >= 11 is 0. The normalized spacial score (nSPS) is 10.1. The van der Waals surface area contributed by atoms with Gasteiger partial charge in [0.1, 0.15) is 0 Å². The molecule has 1 amide bonds. The van der Waals surface area contributed by atoms with E-state index in [4.69, 9.17) is 14.2 Å². The van der Waals surface area contributed by atoms with E-state index in [1.807, 2.05) is 26.0 Å². The van der Waals surface area contributed by atoms with E-state index in [0.29, 0.717) is 17.1 Å². The predicted octanol–water partition coefficient (Wildman–Crippen LogP) is 3.36. The number of anilines is 1. The van der Waals surface area contributed by atoms with Crippen LogP contribution in [0, 0.1) is 13.8 Å². The molecule has 0 saturated heterocycles. The number of hydrogen-bond donors (Lipinski definition) is 1. The van der Waals surface area contributed by atoms with Crippen LogP contribution in [-0.4, -0.2) is 33.2 Å². The lowest BCUT2D eigenvalue weighted by Crippen LogP contribution is -2.17. The first-order valence-corrected chi connectivity index (χ1v) is 7.64. The topological polar surface area (TPSA) is 73.9 Å². The van der Waals surface area contributed by atoms with Gasteiger partial charge in [0.15, 0.2) is 11.5 Å². The van der Waals surface area contributed by atoms with Gasteiger partial charge in [0.25, 0.3) is 5.91 Å². The van der Waals surface area contributed by atoms with Crippen molar-refractivity contribution in [1.82, 2.24) is 0 Å². The zero-order chi connectivity index (χ0) is 18.6. The highest BCUT2D eigenvalue weighted by atomic mass is 16.5. The van der Waals surface area contributed by atoms with Crippen molar-refractivity contribution >= 4 is 17.6 Å². The minimum atomic E-state index is -0.586. The van der Waals surface area contributed by atoms with Crippen molar-refractivity contribution in [3.05, 3.63) is 52.6 Å². The van der Waals surface area contributed by atoms with Crippen LogP contribution in [0.5, 0.6) is 11.5 Å². The number of ether oxygens (including phenoxy) is 3. The van der Waals surface area contributed by atoms with E-state index in [2.05, 4.69) is 5.32 Å². The van der Waals surface area contributed by atoms with Gasteiger partial charge in [0.2, 0.25) is 0 Å². The van der Waals surface area contributed by atoms with E-state index in [1.54, 1.807) is 6.07 Å². The average molecular weight is 343 g/mol. The molecule has 0 heterocycles. The molecule has 0 aliphatic carbocycles. The monoisotopic (exact) mass is 343 g/mol. The van der Waals surface area contributed by atoms with Crippen LogP contribution >= 0.6 is 0 Å². The molecule has 6 heteroatoms. The van der Waals surface area contributed by atoms with Crippen LogP contribution in [0.15, 0.2) is 30.3 Å². The Morgan fingerprint density at radius 2 is 1.52 bits per heavy atom. The summed E-state index contributed by atoms with van der Waals surface area (Å²) in [5.41, 5.74) is 2.80. The lowest BCUT2D eigenvalue weighted by Gasteiger charge is -2.15. The maximum atomic E-state index is 12.7. The lowest BCUT2D eigenvalue weighted by molar-refractivity contribution is 0.0601. The Labute approximate surface area is 146 Å². The van der Waals surface area contributed by atoms with Gasteiger partial charge in [0.05, 0.1) is 32.6 Å². The van der Waals surface area contributed by atoms with Crippen LogP contribution in [0.4, 0.5) is 5.69 Å². The summed E-state index contributed by atoms with van der Waals surface area (Å²) in [6.07, 6.45) is 0. The second kappa shape index (κ2) is 7.70. The van der Waals surface area contributed by atoms with Gasteiger partial charge in [-0.25, -0.2) is 4.79 Å². The SMILES string of the molecule is COC(=O)c1cc(OC)c(OC)cc1NC(=O)c1cc(C)ccc1C. The molecule has 0 unspecified atom stereocenters. The highest BCUT2D eigenvalue weighted by Crippen LogP contribution is 2.34. The lowest BCUT2D eigenvalue weighted by atomic mass is 10.0. The molecule has 2 aromatic rings. The molecule has 0 aromatic heterocycles. The van der Waals surface area contributed by atoms with Crippen molar-refractivity contribution in [3.63, 3.8) is 0 Å². The van der Waals surface area contributed by atoms with Gasteiger partial charge in [-0.05, 0) is 25.5 Å². The van der Waals surface area contributed by atoms with Crippen LogP contribution in [0.3, 0.4) is 0 Å². The Bertz CT molecular complexity index is 814. The summed E-state index contributed by atoms with van der Waals surface area (Å²) in [6, 6.07) is 8.61. The van der Waals surface area contributed by atoms with Crippen molar-refractivity contribution in [2.75, 3.05) is 26.6 Å². The number of aryl methyl sites for hydroxylation is 2. The maximum absolute atomic E-state index is 12.7. The number of nitrogens with one attached hydrogen (secondary N) is 1. The maximum Gasteiger partial charge on any atom is 0.340 e. The molecule has 0 spiro atoms. The first-order chi connectivity index (χ1) is 11.9.